The van der Waals surface area contributed by atoms with Crippen molar-refractivity contribution in [2.45, 2.75) is 19.0 Å². The van der Waals surface area contributed by atoms with Crippen LogP contribution < -0.4 is 5.32 Å². The summed E-state index contributed by atoms with van der Waals surface area (Å²) in [6.45, 7) is 0.192. The van der Waals surface area contributed by atoms with Gasteiger partial charge in [0, 0.05) is 17.4 Å². The van der Waals surface area contributed by atoms with Crippen LogP contribution in [0.5, 0.6) is 0 Å². The molecule has 0 aliphatic heterocycles. The van der Waals surface area contributed by atoms with E-state index in [1.165, 1.54) is 0 Å². The Morgan fingerprint density at radius 1 is 1.18 bits per heavy atom. The maximum absolute atomic E-state index is 11.9. The molecule has 0 heterocycles. The molecule has 1 N–H and O–H groups in total. The molecule has 1 aromatic rings. The average molecular weight is 351 g/mol. The topological polar surface area (TPSA) is 12.0 Å². The summed E-state index contributed by atoms with van der Waals surface area (Å²) >= 11 is 15.0. The van der Waals surface area contributed by atoms with Crippen LogP contribution in [-0.2, 0) is 0 Å². The van der Waals surface area contributed by atoms with Crippen LogP contribution in [0, 0.1) is 0 Å². The highest BCUT2D eigenvalue weighted by Crippen LogP contribution is 2.35. The molecule has 0 saturated carbocycles. The van der Waals surface area contributed by atoms with E-state index in [9.17, 15) is 13.2 Å². The standard InChI is InChI=1S/C10H9BrCl2F3N/c11-6-2-3-7(9(13)8(6)12)17-5-1-4-10(14,15)16/h2-3,17H,1,4-5H2. The molecule has 0 bridgehead atoms. The van der Waals surface area contributed by atoms with E-state index in [0.717, 1.165) is 0 Å². The first kappa shape index (κ1) is 14.9. The third kappa shape index (κ3) is 4.94. The Kier molecular flexibility index (Phi) is 5.41. The quantitative estimate of drug-likeness (QED) is 0.557. The maximum atomic E-state index is 11.9. The fraction of sp³-hybridized carbons (Fsp3) is 0.400. The number of hydrogen-bond acceptors (Lipinski definition) is 1. The average Bonchev–Trinajstić information content (AvgIpc) is 2.22. The van der Waals surface area contributed by atoms with Gasteiger partial charge in [-0.1, -0.05) is 23.2 Å². The molecular formula is C10H9BrCl2F3N. The van der Waals surface area contributed by atoms with Gasteiger partial charge < -0.3 is 5.32 Å². The van der Waals surface area contributed by atoms with Gasteiger partial charge in [0.25, 0.3) is 0 Å². The molecule has 0 unspecified atom stereocenters. The zero-order valence-corrected chi connectivity index (χ0v) is 11.6. The van der Waals surface area contributed by atoms with E-state index in [1.54, 1.807) is 12.1 Å². The molecule has 96 valence electrons. The highest BCUT2D eigenvalue weighted by atomic mass is 79.9. The number of rotatable bonds is 4. The fourth-order valence-corrected chi connectivity index (χ4v) is 2.02. The Balaban J connectivity index is 2.51. The van der Waals surface area contributed by atoms with Gasteiger partial charge in [0.1, 0.15) is 0 Å². The number of anilines is 1. The molecular weight excluding hydrogens is 342 g/mol. The normalized spacial score (nSPS) is 11.6. The number of benzene rings is 1. The number of halogens is 6. The third-order valence-electron chi connectivity index (χ3n) is 1.99. The first-order chi connectivity index (χ1) is 7.81. The second-order valence-electron chi connectivity index (χ2n) is 3.37. The second kappa shape index (κ2) is 6.16. The molecule has 1 aromatic carbocycles. The van der Waals surface area contributed by atoms with Gasteiger partial charge in [-0.15, -0.1) is 0 Å². The summed E-state index contributed by atoms with van der Waals surface area (Å²) in [5, 5.41) is 3.46. The maximum Gasteiger partial charge on any atom is 0.389 e. The predicted octanol–water partition coefficient (Wildman–Crippen LogP) is 5.51. The lowest BCUT2D eigenvalue weighted by Crippen LogP contribution is -2.11. The minimum atomic E-state index is -4.12. The molecule has 0 saturated heterocycles. The van der Waals surface area contributed by atoms with E-state index in [4.69, 9.17) is 23.2 Å². The summed E-state index contributed by atoms with van der Waals surface area (Å²) < 4.78 is 36.3. The third-order valence-corrected chi connectivity index (χ3v) is 3.76. The van der Waals surface area contributed by atoms with Gasteiger partial charge in [0.15, 0.2) is 0 Å². The first-order valence-corrected chi connectivity index (χ1v) is 6.30. The van der Waals surface area contributed by atoms with Crippen LogP contribution in [0.2, 0.25) is 10.0 Å². The summed E-state index contributed by atoms with van der Waals surface area (Å²) in [6.07, 6.45) is -4.95. The molecule has 17 heavy (non-hydrogen) atoms. The Hall–Kier alpha value is -0.130. The molecule has 0 atom stereocenters. The van der Waals surface area contributed by atoms with Crippen molar-refractivity contribution in [2.75, 3.05) is 11.9 Å². The largest absolute Gasteiger partial charge is 0.389 e. The Morgan fingerprint density at radius 2 is 1.82 bits per heavy atom. The number of nitrogens with one attached hydrogen (secondary N) is 1. The molecule has 0 aliphatic rings. The van der Waals surface area contributed by atoms with Gasteiger partial charge in [-0.05, 0) is 34.5 Å². The molecule has 0 radical (unpaired) electrons. The van der Waals surface area contributed by atoms with Crippen molar-refractivity contribution in [1.29, 1.82) is 0 Å². The van der Waals surface area contributed by atoms with Crippen LogP contribution in [0.3, 0.4) is 0 Å². The first-order valence-electron chi connectivity index (χ1n) is 4.75. The van der Waals surface area contributed by atoms with Crippen molar-refractivity contribution >= 4 is 44.8 Å². The van der Waals surface area contributed by atoms with Crippen LogP contribution in [-0.4, -0.2) is 12.7 Å². The van der Waals surface area contributed by atoms with E-state index >= 15 is 0 Å². The van der Waals surface area contributed by atoms with E-state index in [0.29, 0.717) is 20.2 Å². The number of alkyl halides is 3. The SMILES string of the molecule is FC(F)(F)CCCNc1ccc(Br)c(Cl)c1Cl. The Morgan fingerprint density at radius 3 is 2.41 bits per heavy atom. The van der Waals surface area contributed by atoms with E-state index in [2.05, 4.69) is 21.2 Å². The second-order valence-corrected chi connectivity index (χ2v) is 4.98. The van der Waals surface area contributed by atoms with Gasteiger partial charge in [-0.3, -0.25) is 0 Å². The zero-order valence-electron chi connectivity index (χ0n) is 8.54. The molecule has 7 heteroatoms. The zero-order chi connectivity index (χ0) is 13.1. The summed E-state index contributed by atoms with van der Waals surface area (Å²) in [6, 6.07) is 3.34. The van der Waals surface area contributed by atoms with Crippen LogP contribution in [0.15, 0.2) is 16.6 Å². The lowest BCUT2D eigenvalue weighted by atomic mass is 10.2. The van der Waals surface area contributed by atoms with Crippen LogP contribution in [0.4, 0.5) is 18.9 Å². The lowest BCUT2D eigenvalue weighted by molar-refractivity contribution is -0.134. The minimum Gasteiger partial charge on any atom is -0.384 e. The molecule has 1 rings (SSSR count). The smallest absolute Gasteiger partial charge is 0.384 e. The van der Waals surface area contributed by atoms with Crippen LogP contribution in [0.1, 0.15) is 12.8 Å². The van der Waals surface area contributed by atoms with Crippen LogP contribution >= 0.6 is 39.1 Å². The predicted molar refractivity (Wildman–Crippen MR) is 67.9 cm³/mol. The minimum absolute atomic E-state index is 0.00644. The van der Waals surface area contributed by atoms with Gasteiger partial charge in [-0.2, -0.15) is 13.2 Å². The van der Waals surface area contributed by atoms with Gasteiger partial charge in [0.2, 0.25) is 0 Å². The molecule has 1 nitrogen and oxygen atoms in total. The molecule has 0 spiro atoms. The summed E-state index contributed by atoms with van der Waals surface area (Å²) in [4.78, 5) is 0. The Labute approximate surface area is 115 Å². The van der Waals surface area contributed by atoms with Crippen molar-refractivity contribution in [3.05, 3.63) is 26.7 Å². The highest BCUT2D eigenvalue weighted by Gasteiger charge is 2.25. The van der Waals surface area contributed by atoms with Crippen molar-refractivity contribution in [3.8, 4) is 0 Å². The highest BCUT2D eigenvalue weighted by molar-refractivity contribution is 9.10. The molecule has 0 aliphatic carbocycles. The molecule has 0 amide bonds. The van der Waals surface area contributed by atoms with Gasteiger partial charge in [0.05, 0.1) is 15.7 Å². The van der Waals surface area contributed by atoms with E-state index in [1.807, 2.05) is 0 Å². The summed E-state index contributed by atoms with van der Waals surface area (Å²) in [5.41, 5.74) is 0.530. The van der Waals surface area contributed by atoms with Crippen molar-refractivity contribution in [3.63, 3.8) is 0 Å². The van der Waals surface area contributed by atoms with E-state index in [-0.39, 0.29) is 13.0 Å². The lowest BCUT2D eigenvalue weighted by Gasteiger charge is -2.11. The fourth-order valence-electron chi connectivity index (χ4n) is 1.17. The summed E-state index contributed by atoms with van der Waals surface area (Å²) in [7, 11) is 0. The van der Waals surface area contributed by atoms with Crippen molar-refractivity contribution in [2.24, 2.45) is 0 Å². The monoisotopic (exact) mass is 349 g/mol. The summed E-state index contributed by atoms with van der Waals surface area (Å²) in [5.74, 6) is 0. The molecule has 0 aromatic heterocycles. The molecule has 0 fully saturated rings. The van der Waals surface area contributed by atoms with Gasteiger partial charge >= 0.3 is 6.18 Å². The van der Waals surface area contributed by atoms with Gasteiger partial charge in [-0.25, -0.2) is 0 Å². The van der Waals surface area contributed by atoms with Crippen molar-refractivity contribution < 1.29 is 13.2 Å². The Bertz CT molecular complexity index is 396. The van der Waals surface area contributed by atoms with Crippen molar-refractivity contribution in [1.82, 2.24) is 0 Å². The number of hydrogen-bond donors (Lipinski definition) is 1. The van der Waals surface area contributed by atoms with Crippen LogP contribution in [0.25, 0.3) is 0 Å². The van der Waals surface area contributed by atoms with E-state index < -0.39 is 12.6 Å².